The third kappa shape index (κ3) is 4.58. The van der Waals surface area contributed by atoms with E-state index in [-0.39, 0.29) is 23.5 Å². The molecule has 0 aromatic rings. The van der Waals surface area contributed by atoms with Gasteiger partial charge < -0.3 is 9.47 Å². The topological polar surface area (TPSA) is 52.6 Å². The van der Waals surface area contributed by atoms with Gasteiger partial charge in [0.25, 0.3) is 0 Å². The number of rotatable bonds is 7. The van der Waals surface area contributed by atoms with Crippen LogP contribution in [-0.2, 0) is 19.1 Å². The molecule has 0 aromatic heterocycles. The molecule has 0 aliphatic heterocycles. The van der Waals surface area contributed by atoms with Crippen LogP contribution < -0.4 is 0 Å². The van der Waals surface area contributed by atoms with Crippen molar-refractivity contribution in [3.05, 3.63) is 0 Å². The van der Waals surface area contributed by atoms with Gasteiger partial charge in [-0.05, 0) is 98.7 Å². The van der Waals surface area contributed by atoms with E-state index in [1.807, 2.05) is 0 Å². The van der Waals surface area contributed by atoms with Crippen LogP contribution in [0, 0.1) is 46.3 Å². The van der Waals surface area contributed by atoms with E-state index in [1.54, 1.807) is 0 Å². The van der Waals surface area contributed by atoms with Gasteiger partial charge >= 0.3 is 11.9 Å². The highest BCUT2D eigenvalue weighted by molar-refractivity contribution is 5.68. The van der Waals surface area contributed by atoms with Crippen LogP contribution in [0.1, 0.15) is 126 Å². The van der Waals surface area contributed by atoms with Crippen molar-refractivity contribution in [1.29, 1.82) is 0 Å². The molecule has 4 heteroatoms. The minimum atomic E-state index is -0.667. The normalized spacial score (nSPS) is 43.6. The van der Waals surface area contributed by atoms with E-state index >= 15 is 0 Å². The molecule has 4 rings (SSSR count). The number of carbonyl (C=O) groups is 2. The summed E-state index contributed by atoms with van der Waals surface area (Å²) in [5, 5.41) is 0. The summed E-state index contributed by atoms with van der Waals surface area (Å²) in [6.45, 7) is 15.2. The van der Waals surface area contributed by atoms with Crippen LogP contribution >= 0.6 is 0 Å². The van der Waals surface area contributed by atoms with E-state index < -0.39 is 5.60 Å². The lowest BCUT2D eigenvalue weighted by atomic mass is 9.42. The summed E-state index contributed by atoms with van der Waals surface area (Å²) in [6, 6.07) is 0. The Kier molecular flexibility index (Phi) is 7.72. The van der Waals surface area contributed by atoms with Gasteiger partial charge in [-0.1, -0.05) is 53.9 Å². The van der Waals surface area contributed by atoms with Gasteiger partial charge in [0, 0.05) is 19.3 Å². The molecule has 200 valence electrons. The van der Waals surface area contributed by atoms with Crippen LogP contribution in [-0.4, -0.2) is 23.6 Å². The smallest absolute Gasteiger partial charge is 0.303 e. The van der Waals surface area contributed by atoms with Crippen molar-refractivity contribution in [2.24, 2.45) is 46.3 Å². The second-order valence-corrected chi connectivity index (χ2v) is 13.8. The molecular weight excluding hydrogens is 436 g/mol. The van der Waals surface area contributed by atoms with Crippen LogP contribution in [0.15, 0.2) is 0 Å². The molecule has 0 aromatic carbocycles. The van der Waals surface area contributed by atoms with Crippen molar-refractivity contribution in [2.75, 3.05) is 0 Å². The molecule has 9 atom stereocenters. The molecule has 7 unspecified atom stereocenters. The fourth-order valence-corrected chi connectivity index (χ4v) is 10.1. The molecule has 35 heavy (non-hydrogen) atoms. The molecule has 4 aliphatic rings. The standard InChI is InChI=1S/C31H52O4/c1-20(2)10-8-11-21(3)25-13-14-26-24-15-19-31(35-23(5)33)28(34-22(4)32)12-9-17-30(31,7)27(24)16-18-29(25,26)6/h20-21,24-28H,8-19H2,1-7H3/t21-,24?,25?,26?,27?,28?,29?,30?,31-/m1/s1. The minimum Gasteiger partial charge on any atom is -0.458 e. The van der Waals surface area contributed by atoms with Crippen molar-refractivity contribution in [3.8, 4) is 0 Å². The van der Waals surface area contributed by atoms with Crippen molar-refractivity contribution >= 4 is 11.9 Å². The van der Waals surface area contributed by atoms with Crippen LogP contribution in [0.4, 0.5) is 0 Å². The Labute approximate surface area is 214 Å². The predicted molar refractivity (Wildman–Crippen MR) is 140 cm³/mol. The average Bonchev–Trinajstić information content (AvgIpc) is 3.11. The van der Waals surface area contributed by atoms with Gasteiger partial charge in [-0.3, -0.25) is 9.59 Å². The molecule has 4 nitrogen and oxygen atoms in total. The van der Waals surface area contributed by atoms with Crippen molar-refractivity contribution in [2.45, 2.75) is 137 Å². The second-order valence-electron chi connectivity index (χ2n) is 13.8. The summed E-state index contributed by atoms with van der Waals surface area (Å²) in [7, 11) is 0. The van der Waals surface area contributed by atoms with Gasteiger partial charge in [0.1, 0.15) is 6.10 Å². The van der Waals surface area contributed by atoms with Gasteiger partial charge in [-0.25, -0.2) is 0 Å². The summed E-state index contributed by atoms with van der Waals surface area (Å²) in [4.78, 5) is 24.5. The molecule has 4 aliphatic carbocycles. The van der Waals surface area contributed by atoms with Crippen molar-refractivity contribution in [1.82, 2.24) is 0 Å². The molecule has 0 saturated heterocycles. The summed E-state index contributed by atoms with van der Waals surface area (Å²) in [6.07, 6.45) is 13.9. The fourth-order valence-electron chi connectivity index (χ4n) is 10.1. The van der Waals surface area contributed by atoms with Gasteiger partial charge in [0.2, 0.25) is 0 Å². The van der Waals surface area contributed by atoms with Gasteiger partial charge in [0.15, 0.2) is 5.60 Å². The fraction of sp³-hybridized carbons (Fsp3) is 0.935. The number of hydrogen-bond donors (Lipinski definition) is 0. The summed E-state index contributed by atoms with van der Waals surface area (Å²) >= 11 is 0. The molecule has 4 fully saturated rings. The zero-order valence-electron chi connectivity index (χ0n) is 23.7. The first-order chi connectivity index (χ1) is 16.4. The Hall–Kier alpha value is -1.06. The Morgan fingerprint density at radius 1 is 0.857 bits per heavy atom. The first kappa shape index (κ1) is 27.0. The maximum atomic E-state index is 12.4. The van der Waals surface area contributed by atoms with E-state index in [0.29, 0.717) is 17.3 Å². The van der Waals surface area contributed by atoms with E-state index in [1.165, 1.54) is 58.8 Å². The lowest BCUT2D eigenvalue weighted by molar-refractivity contribution is -0.263. The minimum absolute atomic E-state index is 0.123. The first-order valence-corrected chi connectivity index (χ1v) is 14.8. The van der Waals surface area contributed by atoms with Crippen LogP contribution in [0.25, 0.3) is 0 Å². The van der Waals surface area contributed by atoms with Crippen LogP contribution in [0.3, 0.4) is 0 Å². The number of fused-ring (bicyclic) bond motifs is 5. The lowest BCUT2D eigenvalue weighted by Crippen LogP contribution is -2.68. The number of esters is 2. The molecule has 0 spiro atoms. The average molecular weight is 489 g/mol. The molecular formula is C31H52O4. The monoisotopic (exact) mass is 488 g/mol. The Bertz CT molecular complexity index is 791. The Morgan fingerprint density at radius 3 is 2.26 bits per heavy atom. The van der Waals surface area contributed by atoms with Crippen molar-refractivity contribution < 1.29 is 19.1 Å². The molecule has 0 amide bonds. The zero-order valence-corrected chi connectivity index (χ0v) is 23.7. The third-order valence-electron chi connectivity index (χ3n) is 11.6. The summed E-state index contributed by atoms with van der Waals surface area (Å²) < 4.78 is 12.2. The number of ether oxygens (including phenoxy) is 2. The Balaban J connectivity index is 1.58. The summed E-state index contributed by atoms with van der Waals surface area (Å²) in [5.74, 6) is 3.99. The molecule has 0 heterocycles. The van der Waals surface area contributed by atoms with Crippen LogP contribution in [0.2, 0.25) is 0 Å². The predicted octanol–water partition coefficient (Wildman–Crippen LogP) is 7.73. The molecule has 0 radical (unpaired) electrons. The molecule has 0 N–H and O–H groups in total. The van der Waals surface area contributed by atoms with E-state index in [2.05, 4.69) is 34.6 Å². The number of hydrogen-bond acceptors (Lipinski definition) is 4. The van der Waals surface area contributed by atoms with Crippen molar-refractivity contribution in [3.63, 3.8) is 0 Å². The highest BCUT2D eigenvalue weighted by atomic mass is 16.6. The highest BCUT2D eigenvalue weighted by Crippen LogP contribution is 2.70. The highest BCUT2D eigenvalue weighted by Gasteiger charge is 2.68. The Morgan fingerprint density at radius 2 is 1.60 bits per heavy atom. The van der Waals surface area contributed by atoms with E-state index in [4.69, 9.17) is 9.47 Å². The van der Waals surface area contributed by atoms with Crippen LogP contribution in [0.5, 0.6) is 0 Å². The maximum Gasteiger partial charge on any atom is 0.303 e. The zero-order chi connectivity index (χ0) is 25.6. The second kappa shape index (κ2) is 10.0. The summed E-state index contributed by atoms with van der Waals surface area (Å²) in [5.41, 5.74) is -0.345. The quantitative estimate of drug-likeness (QED) is 0.344. The van der Waals surface area contributed by atoms with E-state index in [0.717, 1.165) is 55.8 Å². The SMILES string of the molecule is CC(=O)OC1CCCC2(C)C3CCC4(C)C(CCC4[C@H](C)CCCC(C)C)C3CC[C@@]12OC(C)=O. The largest absolute Gasteiger partial charge is 0.458 e. The van der Waals surface area contributed by atoms with E-state index in [9.17, 15) is 9.59 Å². The lowest BCUT2D eigenvalue weighted by Gasteiger charge is -2.65. The van der Waals surface area contributed by atoms with Gasteiger partial charge in [0.05, 0.1) is 0 Å². The van der Waals surface area contributed by atoms with Gasteiger partial charge in [-0.2, -0.15) is 0 Å². The molecule has 4 saturated carbocycles. The molecule has 0 bridgehead atoms. The number of carbonyl (C=O) groups excluding carboxylic acids is 2. The first-order valence-electron chi connectivity index (χ1n) is 14.8. The third-order valence-corrected chi connectivity index (χ3v) is 11.6. The van der Waals surface area contributed by atoms with Gasteiger partial charge in [-0.15, -0.1) is 0 Å². The maximum absolute atomic E-state index is 12.4.